The molecule has 446 valence electrons. The van der Waals surface area contributed by atoms with E-state index < -0.39 is 151 Å². The molecule has 1 aromatic carbocycles. The van der Waals surface area contributed by atoms with E-state index in [0.717, 1.165) is 12.2 Å². The number of nitrogens with one attached hydrogen (secondary N) is 10. The Kier molecular flexibility index (Phi) is 32.1. The molecule has 0 aliphatic carbocycles. The quantitative estimate of drug-likeness (QED) is 0.0321. The SMILES string of the molecule is CC(C)CCSSC[C@@H](N)C(=O)N[C@H](C(=O)N[C@H](CO)C(=O)N[C@H]1CCNC(=O)[C@H]([C@@H](C)O)NC(=O)[C@H](CCN)NC(=O)[C@H](CCN)NC(=O)[C@H](CC(C)C)NC(=O)[C@@H](Cc2ccccc2)NC(=O)[C@H](CCN)NC1=O)[C@@H](C)O. The van der Waals surface area contributed by atoms with E-state index in [1.807, 2.05) is 0 Å². The maximum atomic E-state index is 14.4. The Hall–Kier alpha value is -5.66. The molecule has 79 heavy (non-hydrogen) atoms. The largest absolute Gasteiger partial charge is 0.394 e. The minimum absolute atomic E-state index is 0.0469. The maximum Gasteiger partial charge on any atom is 0.245 e. The summed E-state index contributed by atoms with van der Waals surface area (Å²) in [6.45, 7) is 8.10. The first-order valence-corrected chi connectivity index (χ1v) is 29.0. The van der Waals surface area contributed by atoms with Gasteiger partial charge in [-0.1, -0.05) is 79.6 Å². The number of carbonyl (C=O) groups is 10. The van der Waals surface area contributed by atoms with E-state index in [-0.39, 0.29) is 63.4 Å². The average Bonchev–Trinajstić information content (AvgIpc) is 3.39. The second-order valence-corrected chi connectivity index (χ2v) is 22.7. The number of benzene rings is 1. The molecule has 1 aliphatic rings. The van der Waals surface area contributed by atoms with Crippen molar-refractivity contribution in [3.8, 4) is 0 Å². The highest BCUT2D eigenvalue weighted by Gasteiger charge is 2.37. The summed E-state index contributed by atoms with van der Waals surface area (Å²) in [7, 11) is 2.88. The van der Waals surface area contributed by atoms with Gasteiger partial charge in [0.05, 0.1) is 24.9 Å². The smallest absolute Gasteiger partial charge is 0.245 e. The number of aliphatic hydroxyl groups is 3. The second kappa shape index (κ2) is 36.6. The molecule has 0 bridgehead atoms. The van der Waals surface area contributed by atoms with Crippen LogP contribution in [0.15, 0.2) is 30.3 Å². The summed E-state index contributed by atoms with van der Waals surface area (Å²) in [6.07, 6.45) is -3.25. The highest BCUT2D eigenvalue weighted by Crippen LogP contribution is 2.24. The summed E-state index contributed by atoms with van der Waals surface area (Å²) in [6, 6.07) is -6.43. The molecule has 0 unspecified atom stereocenters. The average molecular weight is 1160 g/mol. The summed E-state index contributed by atoms with van der Waals surface area (Å²) < 4.78 is 0. The predicted molar refractivity (Wildman–Crippen MR) is 298 cm³/mol. The van der Waals surface area contributed by atoms with Gasteiger partial charge in [-0.3, -0.25) is 47.9 Å². The van der Waals surface area contributed by atoms with E-state index in [1.165, 1.54) is 35.4 Å². The summed E-state index contributed by atoms with van der Waals surface area (Å²) >= 11 is 0. The molecule has 2 rings (SSSR count). The Bertz CT molecular complexity index is 2150. The first-order chi connectivity index (χ1) is 37.4. The van der Waals surface area contributed by atoms with Gasteiger partial charge in [0.2, 0.25) is 59.1 Å². The number of hydrogen-bond donors (Lipinski definition) is 17. The van der Waals surface area contributed by atoms with Gasteiger partial charge in [-0.25, -0.2) is 0 Å². The van der Waals surface area contributed by atoms with Crippen LogP contribution in [0.25, 0.3) is 0 Å². The highest BCUT2D eigenvalue weighted by atomic mass is 33.1. The van der Waals surface area contributed by atoms with Crippen molar-refractivity contribution in [3.63, 3.8) is 0 Å². The van der Waals surface area contributed by atoms with Crippen molar-refractivity contribution < 1.29 is 63.3 Å². The van der Waals surface area contributed by atoms with Crippen LogP contribution in [0.4, 0.5) is 0 Å². The van der Waals surface area contributed by atoms with Crippen LogP contribution in [0.1, 0.15) is 85.6 Å². The number of nitrogens with two attached hydrogens (primary N) is 4. The molecule has 1 saturated heterocycles. The van der Waals surface area contributed by atoms with Gasteiger partial charge in [0.15, 0.2) is 0 Å². The predicted octanol–water partition coefficient (Wildman–Crippen LogP) is -5.29. The summed E-state index contributed by atoms with van der Waals surface area (Å²) in [5.74, 6) is -8.26. The van der Waals surface area contributed by atoms with Crippen LogP contribution in [0.3, 0.4) is 0 Å². The van der Waals surface area contributed by atoms with Crippen molar-refractivity contribution in [1.82, 2.24) is 53.2 Å². The Labute approximate surface area is 469 Å². The third-order valence-electron chi connectivity index (χ3n) is 12.3. The molecule has 10 amide bonds. The lowest BCUT2D eigenvalue weighted by Gasteiger charge is -2.28. The molecular weight excluding hydrogens is 1070 g/mol. The minimum Gasteiger partial charge on any atom is -0.394 e. The zero-order chi connectivity index (χ0) is 59.4. The summed E-state index contributed by atoms with van der Waals surface area (Å²) in [4.78, 5) is 139. The third-order valence-corrected chi connectivity index (χ3v) is 14.7. The lowest BCUT2D eigenvalue weighted by molar-refractivity contribution is -0.137. The van der Waals surface area contributed by atoms with E-state index in [4.69, 9.17) is 22.9 Å². The third kappa shape index (κ3) is 25.1. The van der Waals surface area contributed by atoms with Crippen LogP contribution >= 0.6 is 21.6 Å². The molecule has 0 spiro atoms. The van der Waals surface area contributed by atoms with E-state index in [9.17, 15) is 63.3 Å². The molecule has 0 saturated carbocycles. The molecule has 21 N–H and O–H groups in total. The van der Waals surface area contributed by atoms with E-state index in [1.54, 1.807) is 44.2 Å². The summed E-state index contributed by atoms with van der Waals surface area (Å²) in [5.41, 5.74) is 24.2. The molecule has 0 radical (unpaired) electrons. The van der Waals surface area contributed by atoms with Gasteiger partial charge in [0.25, 0.3) is 0 Å². The van der Waals surface area contributed by atoms with Gasteiger partial charge >= 0.3 is 0 Å². The number of carbonyl (C=O) groups excluding carboxylic acids is 10. The molecule has 1 fully saturated rings. The Morgan fingerprint density at radius 2 is 1.14 bits per heavy atom. The van der Waals surface area contributed by atoms with Crippen LogP contribution in [0.2, 0.25) is 0 Å². The molecule has 1 aliphatic heterocycles. The second-order valence-electron chi connectivity index (χ2n) is 20.1. The minimum atomic E-state index is -1.84. The molecular formula is C50H86N14O13S2. The van der Waals surface area contributed by atoms with Crippen molar-refractivity contribution in [3.05, 3.63) is 35.9 Å². The zero-order valence-corrected chi connectivity index (χ0v) is 47.6. The summed E-state index contributed by atoms with van der Waals surface area (Å²) in [5, 5.41) is 56.5. The molecule has 12 atom stereocenters. The number of rotatable bonds is 25. The van der Waals surface area contributed by atoms with Gasteiger partial charge in [-0.2, -0.15) is 0 Å². The van der Waals surface area contributed by atoms with Gasteiger partial charge in [0.1, 0.15) is 54.4 Å². The van der Waals surface area contributed by atoms with Gasteiger partial charge in [-0.05, 0) is 89.4 Å². The van der Waals surface area contributed by atoms with Gasteiger partial charge in [-0.15, -0.1) is 0 Å². The van der Waals surface area contributed by atoms with Gasteiger partial charge < -0.3 is 91.4 Å². The molecule has 1 aromatic rings. The van der Waals surface area contributed by atoms with Gasteiger partial charge in [0, 0.05) is 24.5 Å². The van der Waals surface area contributed by atoms with Crippen LogP contribution in [-0.4, -0.2) is 191 Å². The standard InChI is InChI=1S/C50H86N14O13S2/c1-26(2)16-21-78-79-25-31(54)41(68)63-40(29(6)67)50(77)62-38(24-65)48(75)59-35-15-20-55-49(76)39(28(5)66)64-45(72)34(14-19-53)57-42(69)32(12-17-51)58-46(73)36(22-27(3)4)60-47(74)37(23-30-10-8-7-9-11-30)61-43(70)33(13-18-52)56-44(35)71/h7-11,26-29,31-40,65-67H,12-25,51-54H2,1-6H3,(H,55,76)(H,56,71)(H,57,69)(H,58,73)(H,59,75)(H,60,74)(H,61,70)(H,62,77)(H,63,68)(H,64,72)/t28-,29-,31-,32+,33+,34+,35+,36+,37-,38-,39+,40+/m1/s1. The fourth-order valence-electron chi connectivity index (χ4n) is 7.74. The topological polar surface area (TPSA) is 456 Å². The Balaban J connectivity index is 2.65. The maximum absolute atomic E-state index is 14.4. The Morgan fingerprint density at radius 1 is 0.633 bits per heavy atom. The van der Waals surface area contributed by atoms with E-state index in [2.05, 4.69) is 67.0 Å². The molecule has 27 nitrogen and oxygen atoms in total. The molecule has 0 aromatic heterocycles. The van der Waals surface area contributed by atoms with E-state index >= 15 is 0 Å². The number of aliphatic hydroxyl groups excluding tert-OH is 3. The van der Waals surface area contributed by atoms with E-state index in [0.29, 0.717) is 11.5 Å². The van der Waals surface area contributed by atoms with Crippen molar-refractivity contribution in [2.24, 2.45) is 34.8 Å². The monoisotopic (exact) mass is 1150 g/mol. The number of amides is 10. The van der Waals surface area contributed by atoms with Crippen molar-refractivity contribution in [2.75, 3.05) is 44.3 Å². The molecule has 29 heteroatoms. The number of hydrogen-bond acceptors (Lipinski definition) is 19. The van der Waals surface area contributed by atoms with Crippen molar-refractivity contribution in [2.45, 2.75) is 159 Å². The van der Waals surface area contributed by atoms with Crippen molar-refractivity contribution >= 4 is 80.7 Å². The van der Waals surface area contributed by atoms with Crippen molar-refractivity contribution in [1.29, 1.82) is 0 Å². The normalized spacial score (nSPS) is 23.5. The van der Waals surface area contributed by atoms with Crippen LogP contribution in [-0.2, 0) is 54.4 Å². The fraction of sp³-hybridized carbons (Fsp3) is 0.680. The highest BCUT2D eigenvalue weighted by molar-refractivity contribution is 8.76. The lowest BCUT2D eigenvalue weighted by Crippen LogP contribution is -2.62. The van der Waals surface area contributed by atoms with Crippen LogP contribution < -0.4 is 76.1 Å². The fourth-order valence-corrected chi connectivity index (χ4v) is 10.2. The zero-order valence-electron chi connectivity index (χ0n) is 45.9. The van der Waals surface area contributed by atoms with Crippen LogP contribution in [0.5, 0.6) is 0 Å². The lowest BCUT2D eigenvalue weighted by atomic mass is 10.00. The first-order valence-electron chi connectivity index (χ1n) is 26.5. The Morgan fingerprint density at radius 3 is 1.65 bits per heavy atom. The van der Waals surface area contributed by atoms with Crippen LogP contribution in [0, 0.1) is 11.8 Å². The molecule has 1 heterocycles. The first kappa shape index (κ1) is 69.4.